The summed E-state index contributed by atoms with van der Waals surface area (Å²) in [6.07, 6.45) is 6.25. The molecule has 0 atom stereocenters. The largest absolute Gasteiger partial charge is 0.309 e. The maximum Gasteiger partial charge on any atom is 0.288 e. The van der Waals surface area contributed by atoms with Gasteiger partial charge in [0.1, 0.15) is 6.20 Å². The zero-order valence-corrected chi connectivity index (χ0v) is 13.7. The van der Waals surface area contributed by atoms with Crippen molar-refractivity contribution < 1.29 is 4.92 Å². The number of hydrogen-bond donors (Lipinski definition) is 0. The number of benzene rings is 1. The molecular formula is C18H23N3O2. The van der Waals surface area contributed by atoms with E-state index in [1.54, 1.807) is 6.07 Å². The van der Waals surface area contributed by atoms with Gasteiger partial charge in [-0.3, -0.25) is 10.1 Å². The van der Waals surface area contributed by atoms with Crippen LogP contribution in [0.25, 0.3) is 10.9 Å². The molecule has 5 heteroatoms. The highest BCUT2D eigenvalue weighted by molar-refractivity contribution is 5.81. The summed E-state index contributed by atoms with van der Waals surface area (Å²) in [5.74, 6) is 1.36. The molecule has 1 fully saturated rings. The van der Waals surface area contributed by atoms with Gasteiger partial charge in [-0.25, -0.2) is 4.98 Å². The van der Waals surface area contributed by atoms with Gasteiger partial charge in [0.25, 0.3) is 5.69 Å². The second kappa shape index (κ2) is 6.62. The molecule has 0 unspecified atom stereocenters. The molecule has 5 nitrogen and oxygen atoms in total. The highest BCUT2D eigenvalue weighted by Crippen LogP contribution is 2.37. The summed E-state index contributed by atoms with van der Waals surface area (Å²) < 4.78 is 0. The number of nitrogens with zero attached hydrogens (tertiary/aromatic N) is 3. The first-order valence-corrected chi connectivity index (χ1v) is 8.22. The number of pyridine rings is 1. The van der Waals surface area contributed by atoms with Crippen LogP contribution in [0.4, 0.5) is 5.69 Å². The van der Waals surface area contributed by atoms with Crippen molar-refractivity contribution in [1.82, 2.24) is 9.88 Å². The molecule has 1 saturated carbocycles. The SMILES string of the molecule is CN(C)CC1CCC(c2ccc3ncc([N+](=O)[O-])cc3c2)CC1. The van der Waals surface area contributed by atoms with E-state index < -0.39 is 0 Å². The van der Waals surface area contributed by atoms with Crippen LogP contribution < -0.4 is 0 Å². The van der Waals surface area contributed by atoms with Gasteiger partial charge in [0, 0.05) is 18.0 Å². The van der Waals surface area contributed by atoms with Crippen LogP contribution in [0, 0.1) is 16.0 Å². The van der Waals surface area contributed by atoms with E-state index in [2.05, 4.69) is 36.1 Å². The second-order valence-electron chi connectivity index (χ2n) is 6.88. The van der Waals surface area contributed by atoms with E-state index in [1.165, 1.54) is 44.0 Å². The van der Waals surface area contributed by atoms with Crippen molar-refractivity contribution in [2.24, 2.45) is 5.92 Å². The Labute approximate surface area is 136 Å². The zero-order chi connectivity index (χ0) is 16.4. The van der Waals surface area contributed by atoms with Crippen molar-refractivity contribution in [2.75, 3.05) is 20.6 Å². The number of fused-ring (bicyclic) bond motifs is 1. The van der Waals surface area contributed by atoms with Crippen LogP contribution >= 0.6 is 0 Å². The van der Waals surface area contributed by atoms with E-state index in [0.717, 1.165) is 16.8 Å². The first-order valence-electron chi connectivity index (χ1n) is 8.22. The number of nitro groups is 1. The molecule has 0 amide bonds. The summed E-state index contributed by atoms with van der Waals surface area (Å²) in [4.78, 5) is 17.0. The summed E-state index contributed by atoms with van der Waals surface area (Å²) in [5.41, 5.74) is 2.17. The van der Waals surface area contributed by atoms with E-state index in [9.17, 15) is 10.1 Å². The lowest BCUT2D eigenvalue weighted by Gasteiger charge is -2.30. The predicted octanol–water partition coefficient (Wildman–Crippen LogP) is 3.98. The van der Waals surface area contributed by atoms with E-state index in [4.69, 9.17) is 0 Å². The smallest absolute Gasteiger partial charge is 0.288 e. The molecule has 1 aromatic heterocycles. The fourth-order valence-electron chi connectivity index (χ4n) is 3.69. The molecule has 3 rings (SSSR count). The summed E-state index contributed by atoms with van der Waals surface area (Å²) in [6, 6.07) is 7.84. The fraction of sp³-hybridized carbons (Fsp3) is 0.500. The van der Waals surface area contributed by atoms with Crippen LogP contribution in [0.2, 0.25) is 0 Å². The van der Waals surface area contributed by atoms with Gasteiger partial charge in [-0.2, -0.15) is 0 Å². The van der Waals surface area contributed by atoms with Gasteiger partial charge in [-0.1, -0.05) is 6.07 Å². The van der Waals surface area contributed by atoms with Crippen LogP contribution in [0.15, 0.2) is 30.5 Å². The molecule has 1 aliphatic rings. The monoisotopic (exact) mass is 313 g/mol. The Bertz CT molecular complexity index is 706. The van der Waals surface area contributed by atoms with Crippen molar-refractivity contribution in [2.45, 2.75) is 31.6 Å². The summed E-state index contributed by atoms with van der Waals surface area (Å²) in [6.45, 7) is 1.17. The summed E-state index contributed by atoms with van der Waals surface area (Å²) in [7, 11) is 4.27. The van der Waals surface area contributed by atoms with Crippen LogP contribution in [0.1, 0.15) is 37.2 Å². The Morgan fingerprint density at radius 2 is 1.96 bits per heavy atom. The first-order chi connectivity index (χ1) is 11.0. The molecule has 1 aliphatic carbocycles. The number of hydrogen-bond acceptors (Lipinski definition) is 4. The van der Waals surface area contributed by atoms with E-state index in [-0.39, 0.29) is 10.6 Å². The number of aromatic nitrogens is 1. The Morgan fingerprint density at radius 1 is 1.22 bits per heavy atom. The lowest BCUT2D eigenvalue weighted by atomic mass is 9.78. The first kappa shape index (κ1) is 15.9. The maximum atomic E-state index is 10.9. The van der Waals surface area contributed by atoms with Crippen LogP contribution in [-0.2, 0) is 0 Å². The van der Waals surface area contributed by atoms with Crippen molar-refractivity contribution in [3.05, 3.63) is 46.1 Å². The molecular weight excluding hydrogens is 290 g/mol. The molecule has 0 N–H and O–H groups in total. The van der Waals surface area contributed by atoms with Crippen molar-refractivity contribution >= 4 is 16.6 Å². The van der Waals surface area contributed by atoms with E-state index in [0.29, 0.717) is 5.92 Å². The molecule has 2 aromatic rings. The van der Waals surface area contributed by atoms with Gasteiger partial charge in [0.2, 0.25) is 0 Å². The van der Waals surface area contributed by atoms with Gasteiger partial charge in [0.15, 0.2) is 0 Å². The van der Waals surface area contributed by atoms with Crippen LogP contribution in [-0.4, -0.2) is 35.4 Å². The predicted molar refractivity (Wildman–Crippen MR) is 91.7 cm³/mol. The molecule has 23 heavy (non-hydrogen) atoms. The van der Waals surface area contributed by atoms with Gasteiger partial charge in [0.05, 0.1) is 10.4 Å². The molecule has 0 saturated heterocycles. The Balaban J connectivity index is 1.77. The highest BCUT2D eigenvalue weighted by Gasteiger charge is 2.23. The van der Waals surface area contributed by atoms with Crippen LogP contribution in [0.3, 0.4) is 0 Å². The molecule has 0 radical (unpaired) electrons. The van der Waals surface area contributed by atoms with Crippen molar-refractivity contribution in [3.8, 4) is 0 Å². The highest BCUT2D eigenvalue weighted by atomic mass is 16.6. The quantitative estimate of drug-likeness (QED) is 0.633. The molecule has 0 aliphatic heterocycles. The molecule has 0 bridgehead atoms. The maximum absolute atomic E-state index is 10.9. The molecule has 122 valence electrons. The zero-order valence-electron chi connectivity index (χ0n) is 13.7. The van der Waals surface area contributed by atoms with E-state index >= 15 is 0 Å². The average molecular weight is 313 g/mol. The van der Waals surface area contributed by atoms with E-state index in [1.807, 2.05) is 6.07 Å². The average Bonchev–Trinajstić information content (AvgIpc) is 2.54. The summed E-state index contributed by atoms with van der Waals surface area (Å²) in [5, 5.41) is 11.8. The minimum Gasteiger partial charge on any atom is -0.309 e. The Hall–Kier alpha value is -2.01. The Kier molecular flexibility index (Phi) is 4.57. The van der Waals surface area contributed by atoms with Gasteiger partial charge in [-0.15, -0.1) is 0 Å². The lowest BCUT2D eigenvalue weighted by Crippen LogP contribution is -2.25. The molecule has 1 heterocycles. The summed E-state index contributed by atoms with van der Waals surface area (Å²) >= 11 is 0. The third-order valence-corrected chi connectivity index (χ3v) is 4.84. The molecule has 1 aromatic carbocycles. The third kappa shape index (κ3) is 3.67. The lowest BCUT2D eigenvalue weighted by molar-refractivity contribution is -0.385. The second-order valence-corrected chi connectivity index (χ2v) is 6.88. The van der Waals surface area contributed by atoms with Gasteiger partial charge >= 0.3 is 0 Å². The molecule has 0 spiro atoms. The third-order valence-electron chi connectivity index (χ3n) is 4.84. The van der Waals surface area contributed by atoms with Gasteiger partial charge < -0.3 is 4.90 Å². The minimum absolute atomic E-state index is 0.0596. The minimum atomic E-state index is -0.383. The van der Waals surface area contributed by atoms with Crippen molar-refractivity contribution in [3.63, 3.8) is 0 Å². The van der Waals surface area contributed by atoms with Gasteiger partial charge in [-0.05, 0) is 69.3 Å². The van der Waals surface area contributed by atoms with Crippen molar-refractivity contribution in [1.29, 1.82) is 0 Å². The standard InChI is InChI=1S/C18H23N3O2/c1-20(2)12-13-3-5-14(6-4-13)15-7-8-18-16(9-15)10-17(11-19-18)21(22)23/h7-11,13-14H,3-6,12H2,1-2H3. The normalized spacial score (nSPS) is 21.7. The fourth-order valence-corrected chi connectivity index (χ4v) is 3.69. The number of rotatable bonds is 4. The Morgan fingerprint density at radius 3 is 2.61 bits per heavy atom. The van der Waals surface area contributed by atoms with Crippen LogP contribution in [0.5, 0.6) is 0 Å². The topological polar surface area (TPSA) is 59.3 Å².